The van der Waals surface area contributed by atoms with E-state index < -0.39 is 34.9 Å². The van der Waals surface area contributed by atoms with Crippen molar-refractivity contribution in [3.8, 4) is 11.1 Å². The predicted octanol–water partition coefficient (Wildman–Crippen LogP) is 5.40. The monoisotopic (exact) mass is 392 g/mol. The molecular weight excluding hydrogens is 381 g/mol. The summed E-state index contributed by atoms with van der Waals surface area (Å²) in [6, 6.07) is 5.86. The second kappa shape index (κ2) is 7.40. The van der Waals surface area contributed by atoms with E-state index >= 15 is 0 Å². The summed E-state index contributed by atoms with van der Waals surface area (Å²) in [5.41, 5.74) is 7.25. The van der Waals surface area contributed by atoms with E-state index in [9.17, 15) is 26.3 Å². The Labute approximate surface area is 145 Å². The van der Waals surface area contributed by atoms with Crippen molar-refractivity contribution in [1.29, 1.82) is 0 Å². The summed E-state index contributed by atoms with van der Waals surface area (Å²) in [6.45, 7) is 0. The molecule has 0 heterocycles. The van der Waals surface area contributed by atoms with Crippen molar-refractivity contribution in [2.45, 2.75) is 12.4 Å². The molecule has 0 aliphatic carbocycles. The molecule has 0 bridgehead atoms. The van der Waals surface area contributed by atoms with Gasteiger partial charge in [0.1, 0.15) is 0 Å². The zero-order valence-corrected chi connectivity index (χ0v) is 13.3. The van der Waals surface area contributed by atoms with Gasteiger partial charge < -0.3 is 11.5 Å². The lowest BCUT2D eigenvalue weighted by Crippen LogP contribution is -2.10. The van der Waals surface area contributed by atoms with Gasteiger partial charge in [0, 0.05) is 11.4 Å². The van der Waals surface area contributed by atoms with Crippen LogP contribution in [-0.4, -0.2) is 0 Å². The fourth-order valence-electron chi connectivity index (χ4n) is 1.96. The Morgan fingerprint density at radius 3 is 1.12 bits per heavy atom. The first-order chi connectivity index (χ1) is 10.00. The summed E-state index contributed by atoms with van der Waals surface area (Å²) in [7, 11) is 0. The largest absolute Gasteiger partial charge is 0.418 e. The minimum absolute atomic E-state index is 0. The molecule has 2 nitrogen and oxygen atoms in total. The lowest BCUT2D eigenvalue weighted by Gasteiger charge is -2.14. The van der Waals surface area contributed by atoms with Crippen molar-refractivity contribution in [2.75, 3.05) is 11.5 Å². The van der Waals surface area contributed by atoms with E-state index in [1.54, 1.807) is 0 Å². The molecule has 0 fully saturated rings. The molecule has 2 aromatic rings. The van der Waals surface area contributed by atoms with Crippen LogP contribution < -0.4 is 11.5 Å². The number of hydrogen-bond donors (Lipinski definition) is 2. The van der Waals surface area contributed by atoms with Crippen molar-refractivity contribution in [3.05, 3.63) is 47.5 Å². The van der Waals surface area contributed by atoms with Gasteiger partial charge in [-0.1, -0.05) is 12.1 Å². The standard InChI is InChI=1S/C14H10F6N2.2ClH/c15-13(16,17)9-5-7(1-3-11(9)21)8-2-4-12(22)10(6-8)14(18,19)20;;/h1-6H,21-22H2;2*1H. The molecule has 0 spiro atoms. The van der Waals surface area contributed by atoms with Gasteiger partial charge in [-0.05, 0) is 35.4 Å². The van der Waals surface area contributed by atoms with E-state index in [2.05, 4.69) is 0 Å². The Morgan fingerprint density at radius 2 is 0.875 bits per heavy atom. The number of rotatable bonds is 1. The lowest BCUT2D eigenvalue weighted by atomic mass is 9.99. The molecular formula is C14H12Cl2F6N2. The number of benzene rings is 2. The zero-order chi connectivity index (χ0) is 16.7. The van der Waals surface area contributed by atoms with Crippen LogP contribution in [0.3, 0.4) is 0 Å². The van der Waals surface area contributed by atoms with Gasteiger partial charge >= 0.3 is 12.4 Å². The van der Waals surface area contributed by atoms with Gasteiger partial charge in [0.15, 0.2) is 0 Å². The van der Waals surface area contributed by atoms with Gasteiger partial charge in [-0.25, -0.2) is 0 Å². The maximum absolute atomic E-state index is 12.8. The van der Waals surface area contributed by atoms with Crippen molar-refractivity contribution < 1.29 is 26.3 Å². The average Bonchev–Trinajstić information content (AvgIpc) is 2.37. The Balaban J connectivity index is 0.00000264. The number of nitrogens with two attached hydrogens (primary N) is 2. The van der Waals surface area contributed by atoms with E-state index in [1.807, 2.05) is 0 Å². The van der Waals surface area contributed by atoms with Gasteiger partial charge in [0.2, 0.25) is 0 Å². The fourth-order valence-corrected chi connectivity index (χ4v) is 1.96. The summed E-state index contributed by atoms with van der Waals surface area (Å²) in [6.07, 6.45) is -9.39. The van der Waals surface area contributed by atoms with Crippen LogP contribution in [0.15, 0.2) is 36.4 Å². The average molecular weight is 393 g/mol. The van der Waals surface area contributed by atoms with Gasteiger partial charge in [0.05, 0.1) is 11.1 Å². The van der Waals surface area contributed by atoms with Crippen molar-refractivity contribution in [1.82, 2.24) is 0 Å². The van der Waals surface area contributed by atoms with Crippen molar-refractivity contribution in [3.63, 3.8) is 0 Å². The zero-order valence-electron chi connectivity index (χ0n) is 11.7. The topological polar surface area (TPSA) is 52.0 Å². The Hall–Kier alpha value is -1.80. The molecule has 24 heavy (non-hydrogen) atoms. The number of hydrogen-bond acceptors (Lipinski definition) is 2. The van der Waals surface area contributed by atoms with Gasteiger partial charge in [-0.15, -0.1) is 24.8 Å². The molecule has 10 heteroatoms. The SMILES string of the molecule is Cl.Cl.Nc1ccc(-c2ccc(N)c(C(F)(F)F)c2)cc1C(F)(F)F. The Kier molecular flexibility index (Phi) is 6.84. The van der Waals surface area contributed by atoms with E-state index in [-0.39, 0.29) is 35.9 Å². The third-order valence-corrected chi connectivity index (χ3v) is 3.05. The fraction of sp³-hybridized carbons (Fsp3) is 0.143. The van der Waals surface area contributed by atoms with Gasteiger partial charge in [0.25, 0.3) is 0 Å². The highest BCUT2D eigenvalue weighted by Crippen LogP contribution is 2.39. The first-order valence-electron chi connectivity index (χ1n) is 5.94. The highest BCUT2D eigenvalue weighted by molar-refractivity contribution is 5.85. The van der Waals surface area contributed by atoms with Gasteiger partial charge in [-0.2, -0.15) is 26.3 Å². The smallest absolute Gasteiger partial charge is 0.398 e. The molecule has 0 unspecified atom stereocenters. The molecule has 134 valence electrons. The molecule has 0 atom stereocenters. The Bertz CT molecular complexity index is 652. The summed E-state index contributed by atoms with van der Waals surface area (Å²) in [5, 5.41) is 0. The lowest BCUT2D eigenvalue weighted by molar-refractivity contribution is -0.137. The van der Waals surface area contributed by atoms with Crippen LogP contribution in [0.2, 0.25) is 0 Å². The predicted molar refractivity (Wildman–Crippen MR) is 85.2 cm³/mol. The summed E-state index contributed by atoms with van der Waals surface area (Å²) in [4.78, 5) is 0. The quantitative estimate of drug-likeness (QED) is 0.504. The number of anilines is 2. The molecule has 0 saturated heterocycles. The maximum Gasteiger partial charge on any atom is 0.418 e. The van der Waals surface area contributed by atoms with Crippen LogP contribution in [0.5, 0.6) is 0 Å². The third-order valence-electron chi connectivity index (χ3n) is 3.05. The minimum Gasteiger partial charge on any atom is -0.398 e. The highest BCUT2D eigenvalue weighted by Gasteiger charge is 2.34. The van der Waals surface area contributed by atoms with Crippen molar-refractivity contribution in [2.24, 2.45) is 0 Å². The van der Waals surface area contributed by atoms with E-state index in [1.165, 1.54) is 12.1 Å². The third kappa shape index (κ3) is 4.61. The molecule has 0 amide bonds. The minimum atomic E-state index is -4.69. The summed E-state index contributed by atoms with van der Waals surface area (Å²) < 4.78 is 76.8. The maximum atomic E-state index is 12.8. The second-order valence-electron chi connectivity index (χ2n) is 4.60. The molecule has 4 N–H and O–H groups in total. The van der Waals surface area contributed by atoms with Crippen LogP contribution in [0.1, 0.15) is 11.1 Å². The van der Waals surface area contributed by atoms with Crippen molar-refractivity contribution >= 4 is 36.2 Å². The molecule has 2 aromatic carbocycles. The van der Waals surface area contributed by atoms with Crippen LogP contribution in [0, 0.1) is 0 Å². The first-order valence-corrected chi connectivity index (χ1v) is 5.94. The molecule has 2 rings (SSSR count). The van der Waals surface area contributed by atoms with Crippen LogP contribution in [-0.2, 0) is 12.4 Å². The first kappa shape index (κ1) is 22.2. The van der Waals surface area contributed by atoms with Gasteiger partial charge in [-0.3, -0.25) is 0 Å². The second-order valence-corrected chi connectivity index (χ2v) is 4.60. The normalized spacial score (nSPS) is 11.4. The highest BCUT2D eigenvalue weighted by atomic mass is 35.5. The van der Waals surface area contributed by atoms with Crippen LogP contribution in [0.25, 0.3) is 11.1 Å². The van der Waals surface area contributed by atoms with E-state index in [0.29, 0.717) is 12.1 Å². The number of alkyl halides is 6. The summed E-state index contributed by atoms with van der Waals surface area (Å²) in [5.74, 6) is 0. The molecule has 0 aromatic heterocycles. The molecule has 0 aliphatic heterocycles. The molecule has 0 saturated carbocycles. The van der Waals surface area contributed by atoms with E-state index in [4.69, 9.17) is 11.5 Å². The summed E-state index contributed by atoms with van der Waals surface area (Å²) >= 11 is 0. The number of halogens is 8. The molecule has 0 aliphatic rings. The van der Waals surface area contributed by atoms with E-state index in [0.717, 1.165) is 12.1 Å². The molecule has 0 radical (unpaired) electrons. The Morgan fingerprint density at radius 1 is 0.583 bits per heavy atom. The number of nitrogen functional groups attached to an aromatic ring is 2. The van der Waals surface area contributed by atoms with Crippen LogP contribution >= 0.6 is 24.8 Å². The van der Waals surface area contributed by atoms with Crippen LogP contribution in [0.4, 0.5) is 37.7 Å².